The van der Waals surface area contributed by atoms with E-state index in [1.807, 2.05) is 38.7 Å². The van der Waals surface area contributed by atoms with Crippen molar-refractivity contribution in [2.75, 3.05) is 0 Å². The minimum absolute atomic E-state index is 0.186. The van der Waals surface area contributed by atoms with Gasteiger partial charge in [0.15, 0.2) is 0 Å². The lowest BCUT2D eigenvalue weighted by Gasteiger charge is -2.31. The van der Waals surface area contributed by atoms with Gasteiger partial charge in [0.2, 0.25) is 0 Å². The summed E-state index contributed by atoms with van der Waals surface area (Å²) < 4.78 is 7.24. The van der Waals surface area contributed by atoms with Crippen LogP contribution >= 0.6 is 0 Å². The van der Waals surface area contributed by atoms with Crippen molar-refractivity contribution in [2.24, 2.45) is 7.05 Å². The predicted octanol–water partition coefficient (Wildman–Crippen LogP) is 2.65. The molecule has 1 aliphatic carbocycles. The lowest BCUT2D eigenvalue weighted by Crippen LogP contribution is -2.45. The van der Waals surface area contributed by atoms with E-state index in [0.29, 0.717) is 6.04 Å². The fraction of sp³-hybridized carbons (Fsp3) is 0.765. The van der Waals surface area contributed by atoms with Gasteiger partial charge in [0.1, 0.15) is 5.60 Å². The van der Waals surface area contributed by atoms with Crippen LogP contribution in [0.2, 0.25) is 0 Å². The number of aryl methyl sites for hydroxylation is 1. The molecule has 1 fully saturated rings. The summed E-state index contributed by atoms with van der Waals surface area (Å²) in [6.45, 7) is 8.55. The number of aromatic nitrogens is 2. The van der Waals surface area contributed by atoms with E-state index >= 15 is 0 Å². The highest BCUT2D eigenvalue weighted by molar-refractivity contribution is 5.68. The second kappa shape index (κ2) is 7.34. The van der Waals surface area contributed by atoms with Crippen molar-refractivity contribution in [3.05, 3.63) is 17.5 Å². The van der Waals surface area contributed by atoms with Crippen molar-refractivity contribution in [2.45, 2.75) is 77.6 Å². The summed E-state index contributed by atoms with van der Waals surface area (Å²) in [4.78, 5) is 11.9. The van der Waals surface area contributed by atoms with E-state index in [1.165, 1.54) is 11.3 Å². The first-order valence-corrected chi connectivity index (χ1v) is 8.45. The van der Waals surface area contributed by atoms with Gasteiger partial charge in [0.25, 0.3) is 0 Å². The largest absolute Gasteiger partial charge is 0.444 e. The summed E-state index contributed by atoms with van der Waals surface area (Å²) in [7, 11) is 1.96. The van der Waals surface area contributed by atoms with Crippen LogP contribution in [-0.2, 0) is 18.3 Å². The summed E-state index contributed by atoms with van der Waals surface area (Å²) >= 11 is 0. The molecule has 1 aromatic heterocycles. The highest BCUT2D eigenvalue weighted by Gasteiger charge is 2.25. The lowest BCUT2D eigenvalue weighted by atomic mass is 9.91. The molecule has 0 bridgehead atoms. The van der Waals surface area contributed by atoms with Crippen molar-refractivity contribution in [3.8, 4) is 0 Å². The van der Waals surface area contributed by atoms with Crippen LogP contribution in [0.3, 0.4) is 0 Å². The molecule has 6 heteroatoms. The van der Waals surface area contributed by atoms with Gasteiger partial charge < -0.3 is 15.4 Å². The maximum atomic E-state index is 11.9. The van der Waals surface area contributed by atoms with Crippen molar-refractivity contribution >= 4 is 6.09 Å². The van der Waals surface area contributed by atoms with Crippen molar-refractivity contribution in [1.82, 2.24) is 20.4 Å². The number of ether oxygens (including phenoxy) is 1. The van der Waals surface area contributed by atoms with Gasteiger partial charge in [0, 0.05) is 36.9 Å². The Kier molecular flexibility index (Phi) is 5.68. The molecular formula is C17H30N4O2. The zero-order valence-electron chi connectivity index (χ0n) is 15.0. The number of hydrogen-bond donors (Lipinski definition) is 2. The fourth-order valence-electron chi connectivity index (χ4n) is 2.95. The van der Waals surface area contributed by atoms with Gasteiger partial charge in [-0.25, -0.2) is 4.79 Å². The molecule has 130 valence electrons. The Morgan fingerprint density at radius 2 is 2.09 bits per heavy atom. The van der Waals surface area contributed by atoms with Crippen LogP contribution in [0.4, 0.5) is 4.79 Å². The summed E-state index contributed by atoms with van der Waals surface area (Å²) in [6.07, 6.45) is 5.82. The van der Waals surface area contributed by atoms with Crippen LogP contribution in [0.25, 0.3) is 0 Å². The third kappa shape index (κ3) is 5.53. The van der Waals surface area contributed by atoms with Gasteiger partial charge >= 0.3 is 6.09 Å². The molecule has 23 heavy (non-hydrogen) atoms. The molecule has 2 rings (SSSR count). The molecular weight excluding hydrogens is 292 g/mol. The molecule has 0 radical (unpaired) electrons. The van der Waals surface area contributed by atoms with Crippen LogP contribution in [0.15, 0.2) is 6.20 Å². The van der Waals surface area contributed by atoms with Crippen LogP contribution < -0.4 is 10.6 Å². The number of hydrogen-bond acceptors (Lipinski definition) is 4. The van der Waals surface area contributed by atoms with E-state index in [4.69, 9.17) is 4.74 Å². The number of alkyl carbamates (subject to hydrolysis) is 1. The van der Waals surface area contributed by atoms with Gasteiger partial charge in [-0.1, -0.05) is 0 Å². The van der Waals surface area contributed by atoms with E-state index in [-0.39, 0.29) is 12.1 Å². The Labute approximate surface area is 139 Å². The van der Waals surface area contributed by atoms with Gasteiger partial charge in [0.05, 0.1) is 6.20 Å². The molecule has 0 spiro atoms. The van der Waals surface area contributed by atoms with Gasteiger partial charge in [-0.2, -0.15) is 5.10 Å². The molecule has 1 saturated carbocycles. The second-order valence-corrected chi connectivity index (χ2v) is 7.47. The maximum absolute atomic E-state index is 11.9. The molecule has 6 nitrogen and oxygen atoms in total. The van der Waals surface area contributed by atoms with E-state index in [1.54, 1.807) is 0 Å². The van der Waals surface area contributed by atoms with E-state index < -0.39 is 5.60 Å². The lowest BCUT2D eigenvalue weighted by molar-refractivity contribution is 0.0488. The summed E-state index contributed by atoms with van der Waals surface area (Å²) in [5.74, 6) is 0. The Bertz CT molecular complexity index is 533. The maximum Gasteiger partial charge on any atom is 0.407 e. The molecule has 0 saturated heterocycles. The van der Waals surface area contributed by atoms with Crippen LogP contribution in [-0.4, -0.2) is 33.6 Å². The smallest absolute Gasteiger partial charge is 0.407 e. The van der Waals surface area contributed by atoms with Crippen LogP contribution in [0, 0.1) is 6.92 Å². The normalized spacial score (nSPS) is 22.0. The average molecular weight is 322 g/mol. The molecule has 1 heterocycles. The number of carbonyl (C=O) groups is 1. The highest BCUT2D eigenvalue weighted by atomic mass is 16.6. The minimum atomic E-state index is -0.450. The van der Waals surface area contributed by atoms with Crippen molar-refractivity contribution in [1.29, 1.82) is 0 Å². The third-order valence-electron chi connectivity index (χ3n) is 4.31. The first-order valence-electron chi connectivity index (χ1n) is 8.45. The summed E-state index contributed by atoms with van der Waals surface area (Å²) in [5, 5.41) is 10.9. The Morgan fingerprint density at radius 1 is 1.39 bits per heavy atom. The van der Waals surface area contributed by atoms with Gasteiger partial charge in [-0.3, -0.25) is 4.68 Å². The zero-order valence-corrected chi connectivity index (χ0v) is 15.0. The SMILES string of the molecule is Cc1c(CN[C@@H]2CCC[C@H](NC(=O)OC(C)(C)C)C2)cnn1C. The Morgan fingerprint density at radius 3 is 2.70 bits per heavy atom. The average Bonchev–Trinajstić information content (AvgIpc) is 2.75. The molecule has 1 aliphatic rings. The first-order chi connectivity index (χ1) is 10.7. The molecule has 1 amide bonds. The molecule has 0 aromatic carbocycles. The fourth-order valence-corrected chi connectivity index (χ4v) is 2.95. The number of amides is 1. The van der Waals surface area contributed by atoms with Crippen molar-refractivity contribution in [3.63, 3.8) is 0 Å². The molecule has 2 atom stereocenters. The topological polar surface area (TPSA) is 68.2 Å². The summed E-state index contributed by atoms with van der Waals surface area (Å²) in [6, 6.07) is 0.606. The van der Waals surface area contributed by atoms with Crippen LogP contribution in [0.5, 0.6) is 0 Å². The first kappa shape index (κ1) is 17.8. The Hall–Kier alpha value is -1.56. The molecule has 0 aliphatic heterocycles. The van der Waals surface area contributed by atoms with E-state index in [9.17, 15) is 4.79 Å². The molecule has 0 unspecified atom stereocenters. The van der Waals surface area contributed by atoms with Gasteiger partial charge in [-0.05, 0) is 53.4 Å². The monoisotopic (exact) mass is 322 g/mol. The standard InChI is InChI=1S/C17H30N4O2/c1-12-13(11-19-21(12)5)10-18-14-7-6-8-15(9-14)20-16(22)23-17(2,3)4/h11,14-15,18H,6-10H2,1-5H3,(H,20,22)/t14-,15+/m1/s1. The molecule has 2 N–H and O–H groups in total. The molecule has 1 aromatic rings. The Balaban J connectivity index is 1.79. The number of rotatable bonds is 4. The minimum Gasteiger partial charge on any atom is -0.444 e. The summed E-state index contributed by atoms with van der Waals surface area (Å²) in [5.41, 5.74) is 1.97. The van der Waals surface area contributed by atoms with Crippen LogP contribution in [0.1, 0.15) is 57.7 Å². The van der Waals surface area contributed by atoms with E-state index in [2.05, 4.69) is 22.7 Å². The van der Waals surface area contributed by atoms with Crippen molar-refractivity contribution < 1.29 is 9.53 Å². The number of carbonyl (C=O) groups excluding carboxylic acids is 1. The predicted molar refractivity (Wildman–Crippen MR) is 90.2 cm³/mol. The number of nitrogens with one attached hydrogen (secondary N) is 2. The third-order valence-corrected chi connectivity index (χ3v) is 4.31. The van der Waals surface area contributed by atoms with Gasteiger partial charge in [-0.15, -0.1) is 0 Å². The van der Waals surface area contributed by atoms with E-state index in [0.717, 1.165) is 32.2 Å². The quantitative estimate of drug-likeness (QED) is 0.894. The number of nitrogens with zero attached hydrogens (tertiary/aromatic N) is 2. The highest BCUT2D eigenvalue weighted by Crippen LogP contribution is 2.20. The zero-order chi connectivity index (χ0) is 17.0. The second-order valence-electron chi connectivity index (χ2n) is 7.47.